The van der Waals surface area contributed by atoms with Crippen LogP contribution in [0.1, 0.15) is 0 Å². The van der Waals surface area contributed by atoms with Gasteiger partial charge in [0.15, 0.2) is 0 Å². The van der Waals surface area contributed by atoms with E-state index >= 15 is 0 Å². The summed E-state index contributed by atoms with van der Waals surface area (Å²) >= 11 is 0. The molecule has 0 bridgehead atoms. The van der Waals surface area contributed by atoms with E-state index in [-0.39, 0.29) is 0 Å². The van der Waals surface area contributed by atoms with Crippen LogP contribution in [0.4, 0.5) is 0 Å². The SMILES string of the molecule is NN.NN.NN.OP(O)O. The fraction of sp³-hybridized carbons (Fsp3) is 0. The van der Waals surface area contributed by atoms with Gasteiger partial charge in [0.05, 0.1) is 0 Å². The molecule has 0 atom stereocenters. The highest BCUT2D eigenvalue weighted by Crippen LogP contribution is 2.11. The van der Waals surface area contributed by atoms with Crippen molar-refractivity contribution in [1.29, 1.82) is 0 Å². The lowest BCUT2D eigenvalue weighted by Gasteiger charge is -1.76. The molecule has 0 saturated heterocycles. The maximum atomic E-state index is 7.23. The van der Waals surface area contributed by atoms with Gasteiger partial charge < -0.3 is 14.7 Å². The van der Waals surface area contributed by atoms with Crippen LogP contribution in [0, 0.1) is 0 Å². The predicted octanol–water partition coefficient (Wildman–Crippen LogP) is -4.35. The Kier molecular flexibility index (Phi) is 141. The van der Waals surface area contributed by atoms with Crippen LogP contribution in [-0.2, 0) is 0 Å². The van der Waals surface area contributed by atoms with Crippen molar-refractivity contribution >= 4 is 8.60 Å². The van der Waals surface area contributed by atoms with E-state index in [1.165, 1.54) is 0 Å². The molecule has 0 aromatic rings. The molecule has 0 unspecified atom stereocenters. The van der Waals surface area contributed by atoms with Crippen LogP contribution in [0.25, 0.3) is 0 Å². The van der Waals surface area contributed by atoms with Crippen LogP contribution in [0.5, 0.6) is 0 Å². The normalized spacial score (nSPS) is 5.40. The third-order valence-electron chi connectivity index (χ3n) is 0. The summed E-state index contributed by atoms with van der Waals surface area (Å²) < 4.78 is 0. The molecular formula is H15N6O3P. The van der Waals surface area contributed by atoms with Gasteiger partial charge in [-0.05, 0) is 0 Å². The van der Waals surface area contributed by atoms with Crippen molar-refractivity contribution in [2.45, 2.75) is 0 Å². The van der Waals surface area contributed by atoms with Gasteiger partial charge in [0, 0.05) is 0 Å². The molecule has 0 spiro atoms. The summed E-state index contributed by atoms with van der Waals surface area (Å²) in [6, 6.07) is 0. The lowest BCUT2D eigenvalue weighted by molar-refractivity contribution is 0.368. The van der Waals surface area contributed by atoms with E-state index in [4.69, 9.17) is 14.7 Å². The van der Waals surface area contributed by atoms with Crippen LogP contribution in [0.2, 0.25) is 0 Å². The number of hydrogen-bond donors (Lipinski definition) is 9. The van der Waals surface area contributed by atoms with E-state index in [1.807, 2.05) is 0 Å². The molecule has 0 aromatic carbocycles. The molecule has 15 N–H and O–H groups in total. The number of hydrazine groups is 3. The van der Waals surface area contributed by atoms with Gasteiger partial charge in [-0.25, -0.2) is 0 Å². The first-order valence-electron chi connectivity index (χ1n) is 1.60. The Labute approximate surface area is 59.5 Å². The minimum Gasteiger partial charge on any atom is -0.328 e. The van der Waals surface area contributed by atoms with Crippen molar-refractivity contribution in [3.63, 3.8) is 0 Å². The average molecular weight is 178 g/mol. The van der Waals surface area contributed by atoms with Gasteiger partial charge in [-0.3, -0.25) is 35.1 Å². The minimum atomic E-state index is -2.62. The second-order valence-corrected chi connectivity index (χ2v) is 0.805. The van der Waals surface area contributed by atoms with Crippen molar-refractivity contribution in [3.05, 3.63) is 0 Å². The minimum absolute atomic E-state index is 2.62. The van der Waals surface area contributed by atoms with Crippen molar-refractivity contribution < 1.29 is 14.7 Å². The molecule has 0 saturated carbocycles. The molecule has 10 heavy (non-hydrogen) atoms. The van der Waals surface area contributed by atoms with Crippen LogP contribution < -0.4 is 35.1 Å². The molecule has 0 aliphatic rings. The Morgan fingerprint density at radius 2 is 0.600 bits per heavy atom. The molecule has 0 fully saturated rings. The highest BCUT2D eigenvalue weighted by Gasteiger charge is 1.76. The molecule has 0 aliphatic heterocycles. The number of hydrogen-bond acceptors (Lipinski definition) is 9. The van der Waals surface area contributed by atoms with Crippen LogP contribution in [-0.4, -0.2) is 14.7 Å². The summed E-state index contributed by atoms with van der Waals surface area (Å²) in [7, 11) is -2.62. The standard InChI is InChI=1S/3H4N2.H3O3P/c3*1-2;1-4(2)3/h3*1-2H2;1-3H. The Morgan fingerprint density at radius 1 is 0.600 bits per heavy atom. The van der Waals surface area contributed by atoms with Crippen molar-refractivity contribution in [2.75, 3.05) is 0 Å². The summed E-state index contributed by atoms with van der Waals surface area (Å²) in [5, 5.41) is 0. The van der Waals surface area contributed by atoms with E-state index in [2.05, 4.69) is 35.1 Å². The molecule has 10 heteroatoms. The quantitative estimate of drug-likeness (QED) is 0.0991. The topological polar surface area (TPSA) is 217 Å². The highest BCUT2D eigenvalue weighted by molar-refractivity contribution is 7.38. The second-order valence-electron chi connectivity index (χ2n) is 0.268. The Hall–Kier alpha value is 0.0700. The highest BCUT2D eigenvalue weighted by atomic mass is 31.2. The third kappa shape index (κ3) is 82300. The smallest absolute Gasteiger partial charge is 0.324 e. The summed E-state index contributed by atoms with van der Waals surface area (Å²) in [4.78, 5) is 21.7. The first-order valence-corrected chi connectivity index (χ1v) is 2.80. The lowest BCUT2D eigenvalue weighted by atomic mass is 13.0. The molecule has 68 valence electrons. The summed E-state index contributed by atoms with van der Waals surface area (Å²) in [6.07, 6.45) is 0. The monoisotopic (exact) mass is 178 g/mol. The van der Waals surface area contributed by atoms with E-state index in [9.17, 15) is 0 Å². The zero-order valence-electron chi connectivity index (χ0n) is 5.25. The van der Waals surface area contributed by atoms with Gasteiger partial charge in [0.2, 0.25) is 0 Å². The van der Waals surface area contributed by atoms with Crippen molar-refractivity contribution in [2.24, 2.45) is 35.1 Å². The summed E-state index contributed by atoms with van der Waals surface area (Å²) in [5.41, 5.74) is 0. The molecule has 0 amide bonds. The molecule has 0 rings (SSSR count). The molecule has 0 aliphatic carbocycles. The first kappa shape index (κ1) is 22.5. The van der Waals surface area contributed by atoms with Gasteiger partial charge in [-0.1, -0.05) is 0 Å². The van der Waals surface area contributed by atoms with E-state index in [0.29, 0.717) is 0 Å². The van der Waals surface area contributed by atoms with Gasteiger partial charge in [-0.2, -0.15) is 0 Å². The lowest BCUT2D eigenvalue weighted by Crippen LogP contribution is -2.02. The van der Waals surface area contributed by atoms with E-state index in [1.54, 1.807) is 0 Å². The molecule has 0 radical (unpaired) electrons. The largest absolute Gasteiger partial charge is 0.328 e. The van der Waals surface area contributed by atoms with Gasteiger partial charge >= 0.3 is 8.60 Å². The second kappa shape index (κ2) is 62.7. The fourth-order valence-electron chi connectivity index (χ4n) is 0. The Bertz CT molecular complexity index is 17.7. The van der Waals surface area contributed by atoms with Gasteiger partial charge in [-0.15, -0.1) is 0 Å². The molecular weight excluding hydrogens is 163 g/mol. The van der Waals surface area contributed by atoms with Crippen LogP contribution in [0.3, 0.4) is 0 Å². The predicted molar refractivity (Wildman–Crippen MR) is 38.7 cm³/mol. The van der Waals surface area contributed by atoms with E-state index < -0.39 is 8.60 Å². The molecule has 0 aromatic heterocycles. The van der Waals surface area contributed by atoms with Crippen molar-refractivity contribution in [1.82, 2.24) is 0 Å². The van der Waals surface area contributed by atoms with Crippen LogP contribution in [0.15, 0.2) is 0 Å². The zero-order valence-corrected chi connectivity index (χ0v) is 6.15. The zero-order chi connectivity index (χ0) is 9.58. The molecule has 9 nitrogen and oxygen atoms in total. The number of rotatable bonds is 0. The first-order chi connectivity index (χ1) is 4.73. The maximum Gasteiger partial charge on any atom is 0.324 e. The third-order valence-corrected chi connectivity index (χ3v) is 0. The van der Waals surface area contributed by atoms with Crippen molar-refractivity contribution in [3.8, 4) is 0 Å². The Morgan fingerprint density at radius 3 is 0.600 bits per heavy atom. The van der Waals surface area contributed by atoms with Gasteiger partial charge in [0.1, 0.15) is 0 Å². The average Bonchev–Trinajstić information content (AvgIpc) is 1.98. The Balaban J connectivity index is -0.0000000262. The summed E-state index contributed by atoms with van der Waals surface area (Å²) in [6.45, 7) is 0. The fourth-order valence-corrected chi connectivity index (χ4v) is 0. The van der Waals surface area contributed by atoms with Crippen LogP contribution >= 0.6 is 8.60 Å². The van der Waals surface area contributed by atoms with E-state index in [0.717, 1.165) is 0 Å². The van der Waals surface area contributed by atoms with Gasteiger partial charge in [0.25, 0.3) is 0 Å². The molecule has 0 heterocycles. The maximum absolute atomic E-state index is 7.23. The number of nitrogens with two attached hydrogens (primary N) is 6. The summed E-state index contributed by atoms with van der Waals surface area (Å²) in [5.74, 6) is 24.0.